The third-order valence-corrected chi connectivity index (χ3v) is 6.12. The van der Waals surface area contributed by atoms with E-state index in [-0.39, 0.29) is 6.10 Å². The molecule has 0 bridgehead atoms. The first kappa shape index (κ1) is 22.0. The van der Waals surface area contributed by atoms with Crippen molar-refractivity contribution >= 4 is 17.0 Å². The molecule has 8 heteroatoms. The van der Waals surface area contributed by atoms with Gasteiger partial charge in [0.05, 0.1) is 23.9 Å². The molecule has 2 unspecified atom stereocenters. The number of anilines is 1. The van der Waals surface area contributed by atoms with Gasteiger partial charge < -0.3 is 15.4 Å². The average Bonchev–Trinajstić information content (AvgIpc) is 3.52. The summed E-state index contributed by atoms with van der Waals surface area (Å²) in [4.78, 5) is 9.92. The molecule has 1 aromatic carbocycles. The first-order chi connectivity index (χ1) is 15.7. The van der Waals surface area contributed by atoms with Crippen molar-refractivity contribution in [2.45, 2.75) is 18.9 Å². The van der Waals surface area contributed by atoms with Gasteiger partial charge in [-0.05, 0) is 6.07 Å². The van der Waals surface area contributed by atoms with Crippen LogP contribution in [-0.4, -0.2) is 45.5 Å². The minimum absolute atomic E-state index is 0.0629. The van der Waals surface area contributed by atoms with Gasteiger partial charge in [-0.1, -0.05) is 43.3 Å². The minimum Gasteiger partial charge on any atom is -0.470 e. The van der Waals surface area contributed by atoms with Gasteiger partial charge in [-0.15, -0.1) is 11.3 Å². The van der Waals surface area contributed by atoms with Crippen LogP contribution >= 0.6 is 11.3 Å². The Balaban J connectivity index is 0.000000354. The molecule has 0 radical (unpaired) electrons. The standard InChI is InChI=1S/C18H22N6OS.C6H6/c1-12(17-9-20-11-26-17)4-19-7-15-8-21-16-3-13(5-22-18(16)25-15)14-6-23-24(2)10-14;1-2-4-6-5-3-1/h3,5-6,9-12,15,19,21H,4,7-8H2,1-2H3;1-6H. The third-order valence-electron chi connectivity index (χ3n) is 5.11. The molecule has 32 heavy (non-hydrogen) atoms. The van der Waals surface area contributed by atoms with Crippen LogP contribution in [0.15, 0.2) is 72.8 Å². The van der Waals surface area contributed by atoms with Crippen LogP contribution in [0.2, 0.25) is 0 Å². The quantitative estimate of drug-likeness (QED) is 0.461. The molecule has 0 spiro atoms. The lowest BCUT2D eigenvalue weighted by atomic mass is 10.1. The van der Waals surface area contributed by atoms with Gasteiger partial charge in [-0.25, -0.2) is 4.98 Å². The lowest BCUT2D eigenvalue weighted by molar-refractivity contribution is 0.193. The lowest BCUT2D eigenvalue weighted by Gasteiger charge is -2.27. The topological polar surface area (TPSA) is 76.9 Å². The van der Waals surface area contributed by atoms with Gasteiger partial charge >= 0.3 is 0 Å². The molecular weight excluding hydrogens is 420 g/mol. The number of thiazole rings is 1. The number of hydrogen-bond donors (Lipinski definition) is 2. The van der Waals surface area contributed by atoms with Crippen LogP contribution in [0.5, 0.6) is 5.88 Å². The Hall–Kier alpha value is -3.23. The molecule has 3 aromatic heterocycles. The van der Waals surface area contributed by atoms with E-state index in [4.69, 9.17) is 4.74 Å². The van der Waals surface area contributed by atoms with Gasteiger partial charge in [0.1, 0.15) is 6.10 Å². The highest BCUT2D eigenvalue weighted by atomic mass is 32.1. The Labute approximate surface area is 192 Å². The fourth-order valence-corrected chi connectivity index (χ4v) is 4.03. The van der Waals surface area contributed by atoms with E-state index in [1.54, 1.807) is 16.0 Å². The number of hydrogen-bond acceptors (Lipinski definition) is 7. The fourth-order valence-electron chi connectivity index (χ4n) is 3.35. The molecule has 5 rings (SSSR count). The predicted octanol–water partition coefficient (Wildman–Crippen LogP) is 4.19. The van der Waals surface area contributed by atoms with Crippen LogP contribution in [0, 0.1) is 0 Å². The zero-order chi connectivity index (χ0) is 22.2. The molecule has 0 amide bonds. The average molecular weight is 449 g/mol. The summed E-state index contributed by atoms with van der Waals surface area (Å²) in [5, 5.41) is 11.1. The van der Waals surface area contributed by atoms with Crippen LogP contribution in [0.3, 0.4) is 0 Å². The summed E-state index contributed by atoms with van der Waals surface area (Å²) in [6.45, 7) is 4.65. The molecule has 0 saturated carbocycles. The molecule has 1 aliphatic heterocycles. The number of nitrogens with one attached hydrogen (secondary N) is 2. The Morgan fingerprint density at radius 2 is 1.94 bits per heavy atom. The Bertz CT molecular complexity index is 1060. The smallest absolute Gasteiger partial charge is 0.237 e. The van der Waals surface area contributed by atoms with Crippen molar-refractivity contribution in [1.82, 2.24) is 25.1 Å². The van der Waals surface area contributed by atoms with E-state index >= 15 is 0 Å². The second-order valence-electron chi connectivity index (χ2n) is 7.72. The van der Waals surface area contributed by atoms with Gasteiger partial charge in [0.2, 0.25) is 5.88 Å². The third kappa shape index (κ3) is 5.93. The molecule has 0 aliphatic carbocycles. The SMILES string of the molecule is CC(CNCC1CNc2cc(-c3cnn(C)c3)cnc2O1)c1cncs1.c1ccccc1. The summed E-state index contributed by atoms with van der Waals surface area (Å²) in [6, 6.07) is 14.1. The van der Waals surface area contributed by atoms with Crippen molar-refractivity contribution in [2.75, 3.05) is 25.0 Å². The van der Waals surface area contributed by atoms with Crippen molar-refractivity contribution in [3.05, 3.63) is 77.6 Å². The monoisotopic (exact) mass is 448 g/mol. The Morgan fingerprint density at radius 3 is 2.59 bits per heavy atom. The van der Waals surface area contributed by atoms with Crippen LogP contribution in [0.4, 0.5) is 5.69 Å². The zero-order valence-corrected chi connectivity index (χ0v) is 19.1. The maximum absolute atomic E-state index is 6.03. The van der Waals surface area contributed by atoms with E-state index < -0.39 is 0 Å². The molecule has 2 N–H and O–H groups in total. The highest BCUT2D eigenvalue weighted by molar-refractivity contribution is 7.09. The molecular formula is C24H28N6OS. The number of pyridine rings is 1. The van der Waals surface area contributed by atoms with Crippen molar-refractivity contribution < 1.29 is 4.74 Å². The Morgan fingerprint density at radius 1 is 1.16 bits per heavy atom. The van der Waals surface area contributed by atoms with Gasteiger partial charge in [0.15, 0.2) is 0 Å². The number of ether oxygens (including phenoxy) is 1. The lowest BCUT2D eigenvalue weighted by Crippen LogP contribution is -2.40. The number of aromatic nitrogens is 4. The normalized spacial score (nSPS) is 15.5. The Kier molecular flexibility index (Phi) is 7.47. The molecule has 4 heterocycles. The number of rotatable bonds is 6. The number of nitrogens with zero attached hydrogens (tertiary/aromatic N) is 4. The van der Waals surface area contributed by atoms with Crippen LogP contribution in [-0.2, 0) is 7.05 Å². The molecule has 2 atom stereocenters. The predicted molar refractivity (Wildman–Crippen MR) is 129 cm³/mol. The minimum atomic E-state index is 0.0629. The first-order valence-corrected chi connectivity index (χ1v) is 11.6. The zero-order valence-electron chi connectivity index (χ0n) is 18.3. The van der Waals surface area contributed by atoms with E-state index in [0.29, 0.717) is 11.8 Å². The number of aryl methyl sites for hydroxylation is 1. The molecule has 166 valence electrons. The molecule has 0 fully saturated rings. The molecule has 0 saturated heterocycles. The number of fused-ring (bicyclic) bond motifs is 1. The van der Waals surface area contributed by atoms with Crippen LogP contribution < -0.4 is 15.4 Å². The van der Waals surface area contributed by atoms with E-state index in [2.05, 4.69) is 38.7 Å². The van der Waals surface area contributed by atoms with Crippen LogP contribution in [0.1, 0.15) is 17.7 Å². The van der Waals surface area contributed by atoms with Crippen molar-refractivity contribution in [2.24, 2.45) is 7.05 Å². The largest absolute Gasteiger partial charge is 0.470 e. The second kappa shape index (κ2) is 10.9. The van der Waals surface area contributed by atoms with Crippen molar-refractivity contribution in [3.63, 3.8) is 0 Å². The van der Waals surface area contributed by atoms with Gasteiger partial charge in [0.25, 0.3) is 0 Å². The van der Waals surface area contributed by atoms with Crippen LogP contribution in [0.25, 0.3) is 11.1 Å². The van der Waals surface area contributed by atoms with E-state index in [1.807, 2.05) is 73.7 Å². The molecule has 7 nitrogen and oxygen atoms in total. The van der Waals surface area contributed by atoms with E-state index in [9.17, 15) is 0 Å². The van der Waals surface area contributed by atoms with Crippen molar-refractivity contribution in [1.29, 1.82) is 0 Å². The summed E-state index contributed by atoms with van der Waals surface area (Å²) in [6.07, 6.45) is 7.65. The number of benzene rings is 1. The molecule has 1 aliphatic rings. The fraction of sp³-hybridized carbons (Fsp3) is 0.292. The van der Waals surface area contributed by atoms with Gasteiger partial charge in [-0.3, -0.25) is 9.67 Å². The summed E-state index contributed by atoms with van der Waals surface area (Å²) in [5.74, 6) is 1.11. The summed E-state index contributed by atoms with van der Waals surface area (Å²) >= 11 is 1.70. The maximum atomic E-state index is 6.03. The van der Waals surface area contributed by atoms with E-state index in [1.165, 1.54) is 4.88 Å². The highest BCUT2D eigenvalue weighted by Crippen LogP contribution is 2.31. The summed E-state index contributed by atoms with van der Waals surface area (Å²) < 4.78 is 7.82. The van der Waals surface area contributed by atoms with Crippen molar-refractivity contribution in [3.8, 4) is 17.0 Å². The van der Waals surface area contributed by atoms with Gasteiger partial charge in [0, 0.05) is 60.6 Å². The molecule has 4 aromatic rings. The highest BCUT2D eigenvalue weighted by Gasteiger charge is 2.21. The first-order valence-electron chi connectivity index (χ1n) is 10.7. The summed E-state index contributed by atoms with van der Waals surface area (Å²) in [5.41, 5.74) is 4.89. The summed E-state index contributed by atoms with van der Waals surface area (Å²) in [7, 11) is 1.91. The van der Waals surface area contributed by atoms with E-state index in [0.717, 1.165) is 36.4 Å². The maximum Gasteiger partial charge on any atom is 0.237 e. The second-order valence-corrected chi connectivity index (χ2v) is 8.64. The van der Waals surface area contributed by atoms with Gasteiger partial charge in [-0.2, -0.15) is 5.10 Å².